The molecule has 0 saturated heterocycles. The van der Waals surface area contributed by atoms with E-state index >= 15 is 0 Å². The molecule has 0 amide bonds. The smallest absolute Gasteiger partial charge is 0.341 e. The highest BCUT2D eigenvalue weighted by Gasteiger charge is 2.25. The van der Waals surface area contributed by atoms with Crippen molar-refractivity contribution in [2.45, 2.75) is 18.9 Å². The summed E-state index contributed by atoms with van der Waals surface area (Å²) in [7, 11) is 0. The lowest BCUT2D eigenvalue weighted by Crippen LogP contribution is -2.09. The highest BCUT2D eigenvalue weighted by Crippen LogP contribution is 2.38. The molecule has 4 rings (SSSR count). The zero-order chi connectivity index (χ0) is 19.5. The van der Waals surface area contributed by atoms with E-state index in [1.807, 2.05) is 18.2 Å². The molecule has 3 aromatic rings. The summed E-state index contributed by atoms with van der Waals surface area (Å²) in [6.45, 7) is -0.396. The number of hydrogen-bond donors (Lipinski definition) is 1. The summed E-state index contributed by atoms with van der Waals surface area (Å²) in [6, 6.07) is 19.7. The number of carbonyl (C=O) groups is 1. The number of benzene rings is 3. The Hall–Kier alpha value is -3.34. The van der Waals surface area contributed by atoms with Crippen LogP contribution in [0.4, 0.5) is 4.39 Å². The molecule has 1 aliphatic carbocycles. The summed E-state index contributed by atoms with van der Waals surface area (Å²) < 4.78 is 24.9. The number of carboxylic acids is 1. The van der Waals surface area contributed by atoms with Crippen molar-refractivity contribution in [1.29, 1.82) is 0 Å². The van der Waals surface area contributed by atoms with E-state index in [9.17, 15) is 9.18 Å². The van der Waals surface area contributed by atoms with Gasteiger partial charge in [-0.05, 0) is 65.4 Å². The second-order valence-corrected chi connectivity index (χ2v) is 6.73. The van der Waals surface area contributed by atoms with Gasteiger partial charge in [-0.3, -0.25) is 0 Å². The minimum Gasteiger partial charge on any atom is -0.486 e. The molecular formula is C23H19FO4. The van der Waals surface area contributed by atoms with Crippen molar-refractivity contribution in [3.63, 3.8) is 0 Å². The van der Waals surface area contributed by atoms with Crippen molar-refractivity contribution in [2.24, 2.45) is 0 Å². The molecule has 1 N–H and O–H groups in total. The van der Waals surface area contributed by atoms with Crippen molar-refractivity contribution < 1.29 is 23.8 Å². The Morgan fingerprint density at radius 3 is 2.61 bits per heavy atom. The summed E-state index contributed by atoms with van der Waals surface area (Å²) in [6.07, 6.45) is 1.65. The van der Waals surface area contributed by atoms with Crippen LogP contribution in [0.5, 0.6) is 11.5 Å². The van der Waals surface area contributed by atoms with Crippen molar-refractivity contribution in [3.05, 3.63) is 83.7 Å². The fourth-order valence-corrected chi connectivity index (χ4v) is 3.48. The van der Waals surface area contributed by atoms with Crippen molar-refractivity contribution in [3.8, 4) is 22.6 Å². The molecule has 0 bridgehead atoms. The predicted octanol–water partition coefficient (Wildman–Crippen LogP) is 5.02. The van der Waals surface area contributed by atoms with Crippen LogP contribution in [0.25, 0.3) is 11.1 Å². The SMILES string of the molecule is O=C(O)COc1cccc(O[C@H]2CCc3ccc(-c4cccc(F)c4)cc32)c1. The number of carboxylic acid groups (broad SMARTS) is 1. The summed E-state index contributed by atoms with van der Waals surface area (Å²) in [5.41, 5.74) is 4.10. The van der Waals surface area contributed by atoms with Crippen LogP contribution < -0.4 is 9.47 Å². The van der Waals surface area contributed by atoms with Crippen LogP contribution in [0.3, 0.4) is 0 Å². The first-order chi connectivity index (χ1) is 13.6. The molecule has 0 radical (unpaired) electrons. The first-order valence-corrected chi connectivity index (χ1v) is 9.08. The van der Waals surface area contributed by atoms with Crippen LogP contribution in [-0.4, -0.2) is 17.7 Å². The van der Waals surface area contributed by atoms with E-state index in [4.69, 9.17) is 14.6 Å². The maximum atomic E-state index is 13.6. The molecule has 0 fully saturated rings. The summed E-state index contributed by atoms with van der Waals surface area (Å²) in [4.78, 5) is 10.7. The van der Waals surface area contributed by atoms with Crippen molar-refractivity contribution >= 4 is 5.97 Å². The van der Waals surface area contributed by atoms with Gasteiger partial charge < -0.3 is 14.6 Å². The molecule has 0 spiro atoms. The molecule has 0 saturated carbocycles. The van der Waals surface area contributed by atoms with Gasteiger partial charge in [0.15, 0.2) is 6.61 Å². The number of rotatable bonds is 6. The molecule has 3 aromatic carbocycles. The highest BCUT2D eigenvalue weighted by atomic mass is 19.1. The molecular weight excluding hydrogens is 359 g/mol. The van der Waals surface area contributed by atoms with Gasteiger partial charge in [-0.1, -0.05) is 30.3 Å². The molecule has 1 aliphatic rings. The van der Waals surface area contributed by atoms with Gasteiger partial charge in [0, 0.05) is 6.07 Å². The monoisotopic (exact) mass is 378 g/mol. The second kappa shape index (κ2) is 7.72. The van der Waals surface area contributed by atoms with Crippen LogP contribution in [0.1, 0.15) is 23.7 Å². The van der Waals surface area contributed by atoms with E-state index in [1.54, 1.807) is 24.3 Å². The summed E-state index contributed by atoms with van der Waals surface area (Å²) in [5.74, 6) is -0.214. The van der Waals surface area contributed by atoms with Gasteiger partial charge in [-0.2, -0.15) is 0 Å². The third kappa shape index (κ3) is 3.98. The number of halogens is 1. The molecule has 0 unspecified atom stereocenters. The first kappa shape index (κ1) is 18.0. The van der Waals surface area contributed by atoms with Gasteiger partial charge >= 0.3 is 5.97 Å². The molecule has 4 nitrogen and oxygen atoms in total. The average Bonchev–Trinajstić information content (AvgIpc) is 3.09. The minimum absolute atomic E-state index is 0.113. The van der Waals surface area contributed by atoms with E-state index in [2.05, 4.69) is 12.1 Å². The first-order valence-electron chi connectivity index (χ1n) is 9.08. The molecule has 28 heavy (non-hydrogen) atoms. The maximum Gasteiger partial charge on any atom is 0.341 e. The standard InChI is InChI=1S/C23H19FO4/c24-18-4-1-3-16(11-18)17-8-7-15-9-10-22(21(15)12-17)28-20-6-2-5-19(13-20)27-14-23(25)26/h1-8,11-13,22H,9-10,14H2,(H,25,26)/t22-/m0/s1. The number of fused-ring (bicyclic) bond motifs is 1. The fraction of sp³-hybridized carbons (Fsp3) is 0.174. The number of aryl methyl sites for hydroxylation is 1. The van der Waals surface area contributed by atoms with Crippen molar-refractivity contribution in [1.82, 2.24) is 0 Å². The summed E-state index contributed by atoms with van der Waals surface area (Å²) >= 11 is 0. The van der Waals surface area contributed by atoms with Gasteiger partial charge in [0.2, 0.25) is 0 Å². The molecule has 0 aromatic heterocycles. The molecule has 0 heterocycles. The van der Waals surface area contributed by atoms with Gasteiger partial charge in [-0.15, -0.1) is 0 Å². The topological polar surface area (TPSA) is 55.8 Å². The Morgan fingerprint density at radius 1 is 1.00 bits per heavy atom. The van der Waals surface area contributed by atoms with Gasteiger partial charge in [-0.25, -0.2) is 9.18 Å². The second-order valence-electron chi connectivity index (χ2n) is 6.73. The molecule has 1 atom stereocenters. The fourth-order valence-electron chi connectivity index (χ4n) is 3.48. The van der Waals surface area contributed by atoms with Crippen LogP contribution in [0, 0.1) is 5.82 Å². The quantitative estimate of drug-likeness (QED) is 0.654. The van der Waals surface area contributed by atoms with Crippen LogP contribution in [0.2, 0.25) is 0 Å². The number of hydrogen-bond acceptors (Lipinski definition) is 3. The lowest BCUT2D eigenvalue weighted by molar-refractivity contribution is -0.139. The Kier molecular flexibility index (Phi) is 4.98. The van der Waals surface area contributed by atoms with Gasteiger partial charge in [0.25, 0.3) is 0 Å². The Bertz CT molecular complexity index is 1010. The maximum absolute atomic E-state index is 13.6. The predicted molar refractivity (Wildman–Crippen MR) is 103 cm³/mol. The average molecular weight is 378 g/mol. The zero-order valence-electron chi connectivity index (χ0n) is 15.1. The number of ether oxygens (including phenoxy) is 2. The largest absolute Gasteiger partial charge is 0.486 e. The Labute approximate surface area is 162 Å². The molecule has 0 aliphatic heterocycles. The van der Waals surface area contributed by atoms with Crippen LogP contribution >= 0.6 is 0 Å². The molecule has 142 valence electrons. The van der Waals surface area contributed by atoms with Crippen molar-refractivity contribution in [2.75, 3.05) is 6.61 Å². The Balaban J connectivity index is 1.55. The van der Waals surface area contributed by atoms with Gasteiger partial charge in [0.1, 0.15) is 23.4 Å². The third-order valence-electron chi connectivity index (χ3n) is 4.77. The minimum atomic E-state index is -1.03. The zero-order valence-corrected chi connectivity index (χ0v) is 15.1. The summed E-state index contributed by atoms with van der Waals surface area (Å²) in [5, 5.41) is 8.74. The van der Waals surface area contributed by atoms with E-state index in [-0.39, 0.29) is 11.9 Å². The third-order valence-corrected chi connectivity index (χ3v) is 4.77. The van der Waals surface area contributed by atoms with Gasteiger partial charge in [0.05, 0.1) is 0 Å². The Morgan fingerprint density at radius 2 is 1.79 bits per heavy atom. The van der Waals surface area contributed by atoms with E-state index < -0.39 is 12.6 Å². The normalized spacial score (nSPS) is 15.1. The number of aliphatic carboxylic acids is 1. The lowest BCUT2D eigenvalue weighted by atomic mass is 10.00. The van der Waals surface area contributed by atoms with E-state index in [0.717, 1.165) is 29.5 Å². The lowest BCUT2D eigenvalue weighted by Gasteiger charge is -2.16. The highest BCUT2D eigenvalue weighted by molar-refractivity contribution is 5.68. The van der Waals surface area contributed by atoms with E-state index in [1.165, 1.54) is 17.7 Å². The van der Waals surface area contributed by atoms with Crippen LogP contribution in [-0.2, 0) is 11.2 Å². The van der Waals surface area contributed by atoms with E-state index in [0.29, 0.717) is 11.5 Å². The van der Waals surface area contributed by atoms with Crippen LogP contribution in [0.15, 0.2) is 66.7 Å². The molecule has 5 heteroatoms.